The zero-order chi connectivity index (χ0) is 13.9. The molecule has 1 aromatic carbocycles. The number of hydrogen-bond acceptors (Lipinski definition) is 3. The first-order chi connectivity index (χ1) is 8.32. The van der Waals surface area contributed by atoms with Crippen molar-refractivity contribution in [3.8, 4) is 0 Å². The monoisotopic (exact) mass is 289 g/mol. The van der Waals surface area contributed by atoms with Gasteiger partial charge in [0, 0.05) is 0 Å². The molecule has 1 atom stereocenters. The highest BCUT2D eigenvalue weighted by molar-refractivity contribution is 6.38. The van der Waals surface area contributed by atoms with E-state index in [1.54, 1.807) is 6.07 Å². The van der Waals surface area contributed by atoms with Crippen LogP contribution in [0.1, 0.15) is 37.6 Å². The molecule has 5 heteroatoms. The Morgan fingerprint density at radius 3 is 2.39 bits per heavy atom. The summed E-state index contributed by atoms with van der Waals surface area (Å²) in [7, 11) is 0. The van der Waals surface area contributed by atoms with E-state index in [1.807, 2.05) is 6.92 Å². The third-order valence-corrected chi connectivity index (χ3v) is 3.10. The van der Waals surface area contributed by atoms with Gasteiger partial charge in [-0.2, -0.15) is 0 Å². The summed E-state index contributed by atoms with van der Waals surface area (Å²) >= 11 is 11.8. The van der Waals surface area contributed by atoms with Crippen LogP contribution < -0.4 is 5.73 Å². The van der Waals surface area contributed by atoms with Crippen molar-refractivity contribution in [2.75, 3.05) is 5.73 Å². The van der Waals surface area contributed by atoms with Gasteiger partial charge in [-0.1, -0.05) is 37.0 Å². The largest absolute Gasteiger partial charge is 0.459 e. The van der Waals surface area contributed by atoms with Gasteiger partial charge in [0.05, 0.1) is 21.8 Å². The molecule has 3 nitrogen and oxygen atoms in total. The number of carbonyl (C=O) groups is 1. The number of esters is 1. The zero-order valence-corrected chi connectivity index (χ0v) is 12.2. The molecule has 0 bridgehead atoms. The normalized spacial score (nSPS) is 12.6. The van der Waals surface area contributed by atoms with Gasteiger partial charge in [-0.25, -0.2) is 4.79 Å². The fourth-order valence-corrected chi connectivity index (χ4v) is 2.13. The number of carbonyl (C=O) groups excluding carboxylic acids is 1. The summed E-state index contributed by atoms with van der Waals surface area (Å²) in [6.07, 6.45) is 0.594. The summed E-state index contributed by atoms with van der Waals surface area (Å²) in [6.45, 7) is 5.96. The molecule has 0 radical (unpaired) electrons. The van der Waals surface area contributed by atoms with Crippen molar-refractivity contribution in [3.63, 3.8) is 0 Å². The van der Waals surface area contributed by atoms with Crippen LogP contribution >= 0.6 is 23.2 Å². The molecule has 0 aliphatic heterocycles. The highest BCUT2D eigenvalue weighted by Crippen LogP contribution is 2.30. The van der Waals surface area contributed by atoms with E-state index in [1.165, 1.54) is 6.07 Å². The number of rotatable bonds is 4. The smallest absolute Gasteiger partial charge is 0.342 e. The van der Waals surface area contributed by atoms with E-state index in [4.69, 9.17) is 33.7 Å². The molecule has 1 unspecified atom stereocenters. The quantitative estimate of drug-likeness (QED) is 0.669. The first kappa shape index (κ1) is 15.1. The maximum Gasteiger partial charge on any atom is 0.342 e. The molecule has 0 aliphatic rings. The number of anilines is 1. The van der Waals surface area contributed by atoms with Crippen molar-refractivity contribution in [1.82, 2.24) is 0 Å². The molecule has 0 amide bonds. The Balaban J connectivity index is 2.88. The molecule has 18 heavy (non-hydrogen) atoms. The highest BCUT2D eigenvalue weighted by atomic mass is 35.5. The maximum atomic E-state index is 12.0. The third-order valence-electron chi connectivity index (χ3n) is 2.46. The topological polar surface area (TPSA) is 52.3 Å². The van der Waals surface area contributed by atoms with Gasteiger partial charge in [-0.15, -0.1) is 0 Å². The predicted octanol–water partition coefficient (Wildman–Crippen LogP) is 4.17. The molecule has 100 valence electrons. The van der Waals surface area contributed by atoms with Crippen LogP contribution in [0.5, 0.6) is 0 Å². The lowest BCUT2D eigenvalue weighted by Crippen LogP contribution is -2.18. The van der Waals surface area contributed by atoms with Crippen LogP contribution in [0.4, 0.5) is 5.69 Å². The number of halogens is 2. The van der Waals surface area contributed by atoms with Crippen molar-refractivity contribution in [2.24, 2.45) is 5.92 Å². The van der Waals surface area contributed by atoms with E-state index in [2.05, 4.69) is 13.8 Å². The number of nitrogen functional groups attached to an aromatic ring is 1. The Labute approximate surface area is 117 Å². The minimum absolute atomic E-state index is 0.139. The Hall–Kier alpha value is -0.930. The Morgan fingerprint density at radius 2 is 1.83 bits per heavy atom. The van der Waals surface area contributed by atoms with Gasteiger partial charge >= 0.3 is 5.97 Å². The van der Waals surface area contributed by atoms with E-state index in [9.17, 15) is 4.79 Å². The summed E-state index contributed by atoms with van der Waals surface area (Å²) in [5, 5.41) is 0.543. The van der Waals surface area contributed by atoms with Gasteiger partial charge < -0.3 is 10.5 Å². The van der Waals surface area contributed by atoms with Crippen molar-refractivity contribution in [2.45, 2.75) is 33.3 Å². The van der Waals surface area contributed by atoms with Crippen molar-refractivity contribution >= 4 is 34.9 Å². The first-order valence-corrected chi connectivity index (χ1v) is 6.53. The molecule has 1 aromatic rings. The lowest BCUT2D eigenvalue weighted by atomic mass is 10.1. The number of hydrogen-bond donors (Lipinski definition) is 1. The van der Waals surface area contributed by atoms with E-state index in [-0.39, 0.29) is 22.4 Å². The standard InChI is InChI=1S/C13H17Cl2NO2/c1-7(2)6-8(3)18-13(17)11-9(14)4-5-10(15)12(11)16/h4-5,7-8H,6,16H2,1-3H3. The Kier molecular flexibility index (Phi) is 5.29. The lowest BCUT2D eigenvalue weighted by molar-refractivity contribution is 0.0301. The summed E-state index contributed by atoms with van der Waals surface area (Å²) < 4.78 is 5.30. The van der Waals surface area contributed by atoms with Crippen LogP contribution in [0.2, 0.25) is 10.0 Å². The average Bonchev–Trinajstić information content (AvgIpc) is 2.22. The molecule has 2 N–H and O–H groups in total. The minimum atomic E-state index is -0.534. The van der Waals surface area contributed by atoms with Gasteiger partial charge in [-0.05, 0) is 31.4 Å². The van der Waals surface area contributed by atoms with Crippen LogP contribution in [-0.2, 0) is 4.74 Å². The number of nitrogens with two attached hydrogens (primary N) is 1. The molecule has 1 rings (SSSR count). The molecule has 0 saturated carbocycles. The molecule has 0 fully saturated rings. The van der Waals surface area contributed by atoms with Crippen LogP contribution in [0.3, 0.4) is 0 Å². The van der Waals surface area contributed by atoms with Crippen LogP contribution in [0.15, 0.2) is 12.1 Å². The minimum Gasteiger partial charge on any atom is -0.459 e. The van der Waals surface area contributed by atoms with Crippen LogP contribution in [0.25, 0.3) is 0 Å². The SMILES string of the molecule is CC(C)CC(C)OC(=O)c1c(Cl)ccc(Cl)c1N. The highest BCUT2D eigenvalue weighted by Gasteiger charge is 2.20. The lowest BCUT2D eigenvalue weighted by Gasteiger charge is -2.16. The fraction of sp³-hybridized carbons (Fsp3) is 0.462. The first-order valence-electron chi connectivity index (χ1n) is 5.77. The van der Waals surface area contributed by atoms with E-state index < -0.39 is 5.97 Å². The molecule has 0 saturated heterocycles. The van der Waals surface area contributed by atoms with Gasteiger partial charge in [-0.3, -0.25) is 0 Å². The second-order valence-electron chi connectivity index (χ2n) is 4.66. The van der Waals surface area contributed by atoms with Gasteiger partial charge in [0.2, 0.25) is 0 Å². The molecule has 0 aromatic heterocycles. The summed E-state index contributed by atoms with van der Waals surface area (Å²) in [4.78, 5) is 12.0. The zero-order valence-electron chi connectivity index (χ0n) is 10.7. The van der Waals surface area contributed by atoms with Crippen molar-refractivity contribution in [1.29, 1.82) is 0 Å². The maximum absolute atomic E-state index is 12.0. The van der Waals surface area contributed by atoms with E-state index in [0.29, 0.717) is 10.9 Å². The van der Waals surface area contributed by atoms with Gasteiger partial charge in [0.1, 0.15) is 5.56 Å². The molecular formula is C13H17Cl2NO2. The fourth-order valence-electron chi connectivity index (χ4n) is 1.73. The Morgan fingerprint density at radius 1 is 1.28 bits per heavy atom. The third kappa shape index (κ3) is 3.79. The average molecular weight is 290 g/mol. The molecule has 0 heterocycles. The van der Waals surface area contributed by atoms with E-state index in [0.717, 1.165) is 6.42 Å². The number of benzene rings is 1. The number of ether oxygens (including phenoxy) is 1. The molecular weight excluding hydrogens is 273 g/mol. The Bertz CT molecular complexity index is 447. The molecule has 0 aliphatic carbocycles. The summed E-state index contributed by atoms with van der Waals surface area (Å²) in [5.41, 5.74) is 6.04. The summed E-state index contributed by atoms with van der Waals surface area (Å²) in [6, 6.07) is 3.08. The van der Waals surface area contributed by atoms with Crippen LogP contribution in [-0.4, -0.2) is 12.1 Å². The van der Waals surface area contributed by atoms with Gasteiger partial charge in [0.15, 0.2) is 0 Å². The van der Waals surface area contributed by atoms with Crippen molar-refractivity contribution in [3.05, 3.63) is 27.7 Å². The van der Waals surface area contributed by atoms with Gasteiger partial charge in [0.25, 0.3) is 0 Å². The molecule has 0 spiro atoms. The second-order valence-corrected chi connectivity index (χ2v) is 5.48. The summed E-state index contributed by atoms with van der Waals surface area (Å²) in [5.74, 6) is -0.0897. The predicted molar refractivity (Wildman–Crippen MR) is 75.2 cm³/mol. The van der Waals surface area contributed by atoms with Crippen molar-refractivity contribution < 1.29 is 9.53 Å². The second kappa shape index (κ2) is 6.30. The van der Waals surface area contributed by atoms with E-state index >= 15 is 0 Å². The van der Waals surface area contributed by atoms with Crippen LogP contribution in [0, 0.1) is 5.92 Å².